The lowest BCUT2D eigenvalue weighted by molar-refractivity contribution is -0.704. The Bertz CT molecular complexity index is 996. The van der Waals surface area contributed by atoms with Crippen molar-refractivity contribution in [3.05, 3.63) is 70.6 Å². The standard InChI is InChI=1S/C18H16N4O4S/c19-16(24)12-6-8-13(9-7-12)20-15(23)10-11-27-17-18(25)26-21-22(17)14-4-2-1-3-5-14/h1-9H,10-11H2,(H3-,19,20,21,23,24,25)/p+1. The third-order valence-corrected chi connectivity index (χ3v) is 4.67. The maximum atomic E-state index is 12.1. The van der Waals surface area contributed by atoms with Gasteiger partial charge in [0.2, 0.25) is 17.5 Å². The molecule has 0 spiro atoms. The monoisotopic (exact) mass is 385 g/mol. The number of thioether (sulfide) groups is 1. The lowest BCUT2D eigenvalue weighted by Gasteiger charge is -2.04. The number of hydrogen-bond acceptors (Lipinski definition) is 5. The highest BCUT2D eigenvalue weighted by atomic mass is 32.2. The topological polar surface area (TPSA) is 122 Å². The molecule has 0 unspecified atom stereocenters. The summed E-state index contributed by atoms with van der Waals surface area (Å²) in [5.41, 5.74) is 6.37. The van der Waals surface area contributed by atoms with Crippen LogP contribution >= 0.6 is 11.8 Å². The van der Waals surface area contributed by atoms with Crippen molar-refractivity contribution in [2.24, 2.45) is 5.73 Å². The first kappa shape index (κ1) is 18.5. The number of carbonyl (C=O) groups is 2. The van der Waals surface area contributed by atoms with Crippen LogP contribution in [0.4, 0.5) is 5.69 Å². The molecule has 1 heterocycles. The number of hydrogen-bond donors (Lipinski definition) is 3. The van der Waals surface area contributed by atoms with Gasteiger partial charge in [-0.3, -0.25) is 14.1 Å². The maximum absolute atomic E-state index is 12.1. The maximum Gasteiger partial charge on any atom is 0.442 e. The van der Waals surface area contributed by atoms with E-state index in [2.05, 4.69) is 10.6 Å². The van der Waals surface area contributed by atoms with Crippen LogP contribution < -0.4 is 21.4 Å². The van der Waals surface area contributed by atoms with Gasteiger partial charge in [0.1, 0.15) is 0 Å². The zero-order valence-electron chi connectivity index (χ0n) is 14.2. The van der Waals surface area contributed by atoms with Crippen LogP contribution in [0, 0.1) is 0 Å². The number of primary amides is 1. The Morgan fingerprint density at radius 1 is 1.11 bits per heavy atom. The molecule has 0 fully saturated rings. The van der Waals surface area contributed by atoms with E-state index in [0.29, 0.717) is 22.0 Å². The molecule has 0 aliphatic rings. The number of benzene rings is 2. The SMILES string of the molecule is NC(=O)c1ccc(NC(=O)CCSc2c(=O)o[nH][n+]2-c2ccccc2)cc1. The summed E-state index contributed by atoms with van der Waals surface area (Å²) >= 11 is 1.22. The zero-order valence-corrected chi connectivity index (χ0v) is 15.0. The highest BCUT2D eigenvalue weighted by Crippen LogP contribution is 2.14. The highest BCUT2D eigenvalue weighted by Gasteiger charge is 2.23. The van der Waals surface area contributed by atoms with Crippen molar-refractivity contribution in [2.45, 2.75) is 11.4 Å². The zero-order chi connectivity index (χ0) is 19.2. The molecule has 3 rings (SSSR count). The average Bonchev–Trinajstić information content (AvgIpc) is 3.03. The molecule has 8 nitrogen and oxygen atoms in total. The minimum Gasteiger partial charge on any atom is -0.366 e. The molecule has 1 aromatic heterocycles. The molecule has 0 aliphatic carbocycles. The third kappa shape index (κ3) is 4.64. The van der Waals surface area contributed by atoms with Crippen LogP contribution in [-0.4, -0.2) is 22.8 Å². The van der Waals surface area contributed by atoms with Gasteiger partial charge in [-0.25, -0.2) is 4.79 Å². The molecule has 27 heavy (non-hydrogen) atoms. The number of nitrogens with one attached hydrogen (secondary N) is 2. The van der Waals surface area contributed by atoms with Crippen LogP contribution in [0.5, 0.6) is 0 Å². The number of amides is 2. The van der Waals surface area contributed by atoms with E-state index in [1.165, 1.54) is 16.4 Å². The summed E-state index contributed by atoms with van der Waals surface area (Å²) in [4.78, 5) is 35.0. The predicted octanol–water partition coefficient (Wildman–Crippen LogP) is 1.46. The van der Waals surface area contributed by atoms with Gasteiger partial charge in [-0.2, -0.15) is 0 Å². The van der Waals surface area contributed by atoms with Gasteiger partial charge in [-0.1, -0.05) is 18.2 Å². The van der Waals surface area contributed by atoms with Gasteiger partial charge in [-0.15, -0.1) is 0 Å². The second kappa shape index (κ2) is 8.37. The first-order valence-corrected chi connectivity index (χ1v) is 9.04. The summed E-state index contributed by atoms with van der Waals surface area (Å²) < 4.78 is 6.39. The van der Waals surface area contributed by atoms with Gasteiger partial charge in [0.15, 0.2) is 0 Å². The normalized spacial score (nSPS) is 10.5. The molecule has 0 radical (unpaired) electrons. The van der Waals surface area contributed by atoms with Crippen LogP contribution in [-0.2, 0) is 4.79 Å². The second-order valence-electron chi connectivity index (χ2n) is 5.55. The quantitative estimate of drug-likeness (QED) is 0.420. The van der Waals surface area contributed by atoms with Crippen molar-refractivity contribution in [2.75, 3.05) is 11.1 Å². The van der Waals surface area contributed by atoms with Crippen molar-refractivity contribution in [3.63, 3.8) is 0 Å². The summed E-state index contributed by atoms with van der Waals surface area (Å²) in [6, 6.07) is 15.5. The number of para-hydroxylation sites is 1. The van der Waals surface area contributed by atoms with Crippen molar-refractivity contribution < 1.29 is 18.8 Å². The Hall–Kier alpha value is -3.33. The van der Waals surface area contributed by atoms with Crippen LogP contribution in [0.1, 0.15) is 16.8 Å². The van der Waals surface area contributed by atoms with E-state index in [1.54, 1.807) is 24.3 Å². The van der Waals surface area contributed by atoms with E-state index < -0.39 is 11.5 Å². The van der Waals surface area contributed by atoms with Crippen molar-refractivity contribution in [1.82, 2.24) is 5.27 Å². The molecule has 2 amide bonds. The molecule has 0 saturated carbocycles. The lowest BCUT2D eigenvalue weighted by Crippen LogP contribution is -2.36. The Labute approximate surface area is 158 Å². The number of rotatable bonds is 7. The van der Waals surface area contributed by atoms with E-state index in [4.69, 9.17) is 10.3 Å². The number of nitrogens with two attached hydrogens (primary N) is 1. The molecule has 3 aromatic rings. The van der Waals surface area contributed by atoms with Gasteiger partial charge in [0, 0.05) is 35.6 Å². The third-order valence-electron chi connectivity index (χ3n) is 3.64. The largest absolute Gasteiger partial charge is 0.442 e. The van der Waals surface area contributed by atoms with Crippen molar-refractivity contribution in [1.29, 1.82) is 0 Å². The molecular weight excluding hydrogens is 368 g/mol. The molecule has 0 saturated heterocycles. The van der Waals surface area contributed by atoms with E-state index in [0.717, 1.165) is 5.69 Å². The fraction of sp³-hybridized carbons (Fsp3) is 0.111. The Morgan fingerprint density at radius 3 is 2.48 bits per heavy atom. The molecule has 2 aromatic carbocycles. The van der Waals surface area contributed by atoms with Crippen LogP contribution in [0.2, 0.25) is 0 Å². The number of nitrogens with zero attached hydrogens (tertiary/aromatic N) is 1. The first-order valence-electron chi connectivity index (χ1n) is 8.06. The average molecular weight is 385 g/mol. The minimum absolute atomic E-state index is 0.196. The fourth-order valence-electron chi connectivity index (χ4n) is 2.32. The van der Waals surface area contributed by atoms with Gasteiger partial charge in [0.05, 0.1) is 0 Å². The van der Waals surface area contributed by atoms with E-state index >= 15 is 0 Å². The molecule has 0 aliphatic heterocycles. The predicted molar refractivity (Wildman–Crippen MR) is 99.8 cm³/mol. The Balaban J connectivity index is 1.57. The molecule has 9 heteroatoms. The summed E-state index contributed by atoms with van der Waals surface area (Å²) in [5, 5.41) is 5.64. The number of carbonyl (C=O) groups excluding carboxylic acids is 2. The summed E-state index contributed by atoms with van der Waals surface area (Å²) in [7, 11) is 0. The molecule has 138 valence electrons. The molecule has 0 atom stereocenters. The van der Waals surface area contributed by atoms with Gasteiger partial charge in [0.25, 0.3) is 0 Å². The number of anilines is 1. The molecule has 0 bridgehead atoms. The molecular formula is C18H17N4O4S+. The first-order chi connectivity index (χ1) is 13.0. The van der Waals surface area contributed by atoms with Crippen LogP contribution in [0.25, 0.3) is 5.69 Å². The van der Waals surface area contributed by atoms with Crippen molar-refractivity contribution in [3.8, 4) is 5.69 Å². The van der Waals surface area contributed by atoms with E-state index in [9.17, 15) is 14.4 Å². The Kier molecular flexibility index (Phi) is 5.72. The number of aromatic amines is 1. The van der Waals surface area contributed by atoms with Crippen LogP contribution in [0.15, 0.2) is 68.9 Å². The Morgan fingerprint density at radius 2 is 1.81 bits per heavy atom. The van der Waals surface area contributed by atoms with E-state index in [-0.39, 0.29) is 12.3 Å². The summed E-state index contributed by atoms with van der Waals surface area (Å²) in [6.45, 7) is 0. The lowest BCUT2D eigenvalue weighted by atomic mass is 10.2. The van der Waals surface area contributed by atoms with Gasteiger partial charge >= 0.3 is 10.7 Å². The smallest absolute Gasteiger partial charge is 0.366 e. The fourth-order valence-corrected chi connectivity index (χ4v) is 3.23. The number of H-pyrrole nitrogens is 1. The second-order valence-corrected chi connectivity index (χ2v) is 6.63. The van der Waals surface area contributed by atoms with Gasteiger partial charge < -0.3 is 11.1 Å². The summed E-state index contributed by atoms with van der Waals surface area (Å²) in [5.74, 6) is -0.345. The highest BCUT2D eigenvalue weighted by molar-refractivity contribution is 7.99. The van der Waals surface area contributed by atoms with Crippen molar-refractivity contribution >= 4 is 29.3 Å². The van der Waals surface area contributed by atoms with E-state index in [1.807, 2.05) is 30.3 Å². The number of aromatic nitrogens is 2. The summed E-state index contributed by atoms with van der Waals surface area (Å²) in [6.07, 6.45) is 0.196. The molecule has 4 N–H and O–H groups in total. The minimum atomic E-state index is -0.527. The van der Waals surface area contributed by atoms with Crippen LogP contribution in [0.3, 0.4) is 0 Å². The van der Waals surface area contributed by atoms with Gasteiger partial charge in [-0.05, 0) is 46.0 Å².